The topological polar surface area (TPSA) is 57.5 Å². The highest BCUT2D eigenvalue weighted by Crippen LogP contribution is 2.41. The molecule has 1 aliphatic rings. The van der Waals surface area contributed by atoms with Gasteiger partial charge in [-0.2, -0.15) is 0 Å². The summed E-state index contributed by atoms with van der Waals surface area (Å²) in [6, 6.07) is 3.66. The Bertz CT molecular complexity index is 382. The van der Waals surface area contributed by atoms with Crippen molar-refractivity contribution in [2.45, 2.75) is 24.9 Å². The molecule has 0 atom stereocenters. The molecule has 0 amide bonds. The fraction of sp³-hybridized carbons (Fsp3) is 0.500. The lowest BCUT2D eigenvalue weighted by molar-refractivity contribution is -0.157. The van der Waals surface area contributed by atoms with Crippen LogP contribution in [0.2, 0.25) is 4.34 Å². The quantitative estimate of drug-likeness (QED) is 0.860. The van der Waals surface area contributed by atoms with Crippen molar-refractivity contribution in [2.24, 2.45) is 5.92 Å². The zero-order chi connectivity index (χ0) is 11.1. The van der Waals surface area contributed by atoms with Crippen LogP contribution in [0.3, 0.4) is 0 Å². The Hall–Kier alpha value is -0.580. The first-order chi connectivity index (χ1) is 6.98. The molecule has 1 heterocycles. The number of hydrogen-bond acceptors (Lipinski definition) is 3. The number of aliphatic carboxylic acids is 1. The van der Waals surface area contributed by atoms with Gasteiger partial charge < -0.3 is 10.2 Å². The van der Waals surface area contributed by atoms with Crippen molar-refractivity contribution in [1.29, 1.82) is 0 Å². The highest BCUT2D eigenvalue weighted by atomic mass is 35.5. The molecule has 2 rings (SSSR count). The van der Waals surface area contributed by atoms with Gasteiger partial charge in [-0.1, -0.05) is 11.6 Å². The number of carboxylic acids is 1. The minimum absolute atomic E-state index is 0.345. The van der Waals surface area contributed by atoms with Crippen LogP contribution < -0.4 is 0 Å². The van der Waals surface area contributed by atoms with E-state index in [0.717, 1.165) is 4.88 Å². The van der Waals surface area contributed by atoms with Crippen molar-refractivity contribution < 1.29 is 15.0 Å². The molecular formula is C10H11ClO3S. The Morgan fingerprint density at radius 3 is 2.73 bits per heavy atom. The molecule has 1 aliphatic carbocycles. The maximum absolute atomic E-state index is 10.6. The van der Waals surface area contributed by atoms with Crippen LogP contribution in [0.25, 0.3) is 0 Å². The van der Waals surface area contributed by atoms with Crippen molar-refractivity contribution in [3.63, 3.8) is 0 Å². The van der Waals surface area contributed by atoms with Crippen molar-refractivity contribution in [3.8, 4) is 0 Å². The van der Waals surface area contributed by atoms with Crippen LogP contribution in [0.4, 0.5) is 0 Å². The number of rotatable bonds is 3. The molecule has 82 valence electrons. The van der Waals surface area contributed by atoms with E-state index in [1.54, 1.807) is 6.07 Å². The fourth-order valence-corrected chi connectivity index (χ4v) is 3.17. The molecule has 0 radical (unpaired) electrons. The number of hydrogen-bond donors (Lipinski definition) is 2. The maximum Gasteiger partial charge on any atom is 0.306 e. The van der Waals surface area contributed by atoms with Crippen LogP contribution in [0.1, 0.15) is 17.7 Å². The minimum atomic E-state index is -0.836. The van der Waals surface area contributed by atoms with E-state index in [0.29, 0.717) is 23.6 Å². The van der Waals surface area contributed by atoms with Gasteiger partial charge in [0.2, 0.25) is 0 Å². The van der Waals surface area contributed by atoms with E-state index in [9.17, 15) is 9.90 Å². The molecular weight excluding hydrogens is 236 g/mol. The molecule has 0 spiro atoms. The van der Waals surface area contributed by atoms with E-state index in [2.05, 4.69) is 0 Å². The van der Waals surface area contributed by atoms with Gasteiger partial charge in [0.25, 0.3) is 0 Å². The van der Waals surface area contributed by atoms with Crippen molar-refractivity contribution >= 4 is 28.9 Å². The summed E-state index contributed by atoms with van der Waals surface area (Å²) in [7, 11) is 0. The zero-order valence-corrected chi connectivity index (χ0v) is 9.51. The van der Waals surface area contributed by atoms with E-state index in [-0.39, 0.29) is 5.92 Å². The van der Waals surface area contributed by atoms with Crippen molar-refractivity contribution in [3.05, 3.63) is 21.3 Å². The molecule has 0 bridgehead atoms. The molecule has 0 aromatic carbocycles. The molecule has 0 saturated heterocycles. The molecule has 2 N–H and O–H groups in total. The summed E-state index contributed by atoms with van der Waals surface area (Å²) < 4.78 is 0.697. The van der Waals surface area contributed by atoms with Crippen molar-refractivity contribution in [2.75, 3.05) is 0 Å². The highest BCUT2D eigenvalue weighted by molar-refractivity contribution is 7.16. The van der Waals surface area contributed by atoms with Crippen LogP contribution in [0, 0.1) is 5.92 Å². The van der Waals surface area contributed by atoms with Crippen molar-refractivity contribution in [1.82, 2.24) is 0 Å². The van der Waals surface area contributed by atoms with E-state index < -0.39 is 11.6 Å². The second-order valence-electron chi connectivity index (χ2n) is 4.05. The van der Waals surface area contributed by atoms with Crippen LogP contribution in [0.5, 0.6) is 0 Å². The molecule has 1 aromatic rings. The number of carboxylic acid groups (broad SMARTS) is 1. The van der Waals surface area contributed by atoms with Gasteiger partial charge in [-0.15, -0.1) is 11.3 Å². The smallest absolute Gasteiger partial charge is 0.306 e. The number of halogens is 1. The normalized spacial score (nSPS) is 29.9. The Labute approximate surface area is 96.3 Å². The average Bonchev–Trinajstić information content (AvgIpc) is 2.46. The Morgan fingerprint density at radius 2 is 2.27 bits per heavy atom. The lowest BCUT2D eigenvalue weighted by atomic mass is 9.69. The molecule has 1 saturated carbocycles. The summed E-state index contributed by atoms with van der Waals surface area (Å²) in [6.07, 6.45) is 1.20. The summed E-state index contributed by atoms with van der Waals surface area (Å²) in [5.41, 5.74) is -0.836. The second-order valence-corrected chi connectivity index (χ2v) is 5.85. The molecule has 0 unspecified atom stereocenters. The third-order valence-electron chi connectivity index (χ3n) is 2.73. The molecule has 3 nitrogen and oxygen atoms in total. The van der Waals surface area contributed by atoms with Gasteiger partial charge in [0.05, 0.1) is 15.9 Å². The predicted octanol–water partition coefficient (Wildman–Crippen LogP) is 2.17. The number of thiophene rings is 1. The zero-order valence-electron chi connectivity index (χ0n) is 7.94. The molecule has 15 heavy (non-hydrogen) atoms. The molecule has 0 aliphatic heterocycles. The fourth-order valence-electron chi connectivity index (χ4n) is 1.95. The molecule has 1 fully saturated rings. The van der Waals surface area contributed by atoms with Crippen LogP contribution in [-0.4, -0.2) is 21.8 Å². The van der Waals surface area contributed by atoms with E-state index in [1.165, 1.54) is 11.3 Å². The first kappa shape index (κ1) is 10.9. The van der Waals surface area contributed by atoms with E-state index >= 15 is 0 Å². The summed E-state index contributed by atoms with van der Waals surface area (Å²) in [5.74, 6) is -1.20. The van der Waals surface area contributed by atoms with Gasteiger partial charge >= 0.3 is 5.97 Å². The first-order valence-corrected chi connectivity index (χ1v) is 5.87. The maximum atomic E-state index is 10.6. The Kier molecular flexibility index (Phi) is 2.75. The largest absolute Gasteiger partial charge is 0.481 e. The summed E-state index contributed by atoms with van der Waals surface area (Å²) in [4.78, 5) is 11.6. The van der Waals surface area contributed by atoms with Gasteiger partial charge in [0.1, 0.15) is 0 Å². The van der Waals surface area contributed by atoms with Gasteiger partial charge in [-0.25, -0.2) is 0 Å². The highest BCUT2D eigenvalue weighted by Gasteiger charge is 2.46. The van der Waals surface area contributed by atoms with E-state index in [4.69, 9.17) is 16.7 Å². The summed E-state index contributed by atoms with van der Waals surface area (Å²) in [5, 5.41) is 18.7. The monoisotopic (exact) mass is 246 g/mol. The van der Waals surface area contributed by atoms with Gasteiger partial charge in [-0.05, 0) is 25.0 Å². The second kappa shape index (κ2) is 3.77. The van der Waals surface area contributed by atoms with Crippen LogP contribution >= 0.6 is 22.9 Å². The average molecular weight is 247 g/mol. The molecule has 5 heteroatoms. The molecule has 1 aromatic heterocycles. The standard InChI is InChI=1S/C10H11ClO3S/c11-8-2-1-7(15-8)5-10(14)3-6(4-10)9(12)13/h1-2,6,14H,3-5H2,(H,12,13). The third kappa shape index (κ3) is 2.33. The third-order valence-corrected chi connectivity index (χ3v) is 3.97. The van der Waals surface area contributed by atoms with Gasteiger partial charge in [-0.3, -0.25) is 4.79 Å². The lowest BCUT2D eigenvalue weighted by Crippen LogP contribution is -2.48. The Balaban J connectivity index is 1.94. The van der Waals surface area contributed by atoms with Crippen LogP contribution in [0.15, 0.2) is 12.1 Å². The Morgan fingerprint density at radius 1 is 1.60 bits per heavy atom. The summed E-state index contributed by atoms with van der Waals surface area (Å²) in [6.45, 7) is 0. The van der Waals surface area contributed by atoms with Gasteiger partial charge in [0.15, 0.2) is 0 Å². The summed E-state index contributed by atoms with van der Waals surface area (Å²) >= 11 is 7.20. The lowest BCUT2D eigenvalue weighted by Gasteiger charge is -2.41. The number of carbonyl (C=O) groups is 1. The number of aliphatic hydroxyl groups is 1. The van der Waals surface area contributed by atoms with E-state index in [1.807, 2.05) is 6.07 Å². The minimum Gasteiger partial charge on any atom is -0.481 e. The predicted molar refractivity (Wildman–Crippen MR) is 58.3 cm³/mol. The first-order valence-electron chi connectivity index (χ1n) is 4.68. The van der Waals surface area contributed by atoms with Crippen LogP contribution in [-0.2, 0) is 11.2 Å². The SMILES string of the molecule is O=C(O)C1CC(O)(Cc2ccc(Cl)s2)C1. The van der Waals surface area contributed by atoms with Gasteiger partial charge in [0, 0.05) is 11.3 Å².